The standard InChI is InChI=1S/C9H11NO2.ClH/c10-9-5-4-6-7(11)2-1-3-8(6)12-9;/h1-3,9,11H,4-5,10H2;1H. The molecule has 1 atom stereocenters. The first-order valence-electron chi connectivity index (χ1n) is 4.00. The highest BCUT2D eigenvalue weighted by Gasteiger charge is 2.18. The maximum Gasteiger partial charge on any atom is 0.148 e. The van der Waals surface area contributed by atoms with Gasteiger partial charge in [0, 0.05) is 12.0 Å². The Kier molecular flexibility index (Phi) is 3.01. The quantitative estimate of drug-likeness (QED) is 0.668. The van der Waals surface area contributed by atoms with E-state index >= 15 is 0 Å². The van der Waals surface area contributed by atoms with E-state index in [1.807, 2.05) is 6.07 Å². The van der Waals surface area contributed by atoms with Crippen LogP contribution in [0.25, 0.3) is 0 Å². The van der Waals surface area contributed by atoms with E-state index in [4.69, 9.17) is 10.5 Å². The highest BCUT2D eigenvalue weighted by atomic mass is 35.5. The Morgan fingerprint density at radius 1 is 1.46 bits per heavy atom. The molecule has 1 aromatic rings. The highest BCUT2D eigenvalue weighted by Crippen LogP contribution is 2.32. The average Bonchev–Trinajstić information content (AvgIpc) is 2.04. The topological polar surface area (TPSA) is 55.5 Å². The van der Waals surface area contributed by atoms with Crippen LogP contribution >= 0.6 is 12.4 Å². The summed E-state index contributed by atoms with van der Waals surface area (Å²) < 4.78 is 5.33. The summed E-state index contributed by atoms with van der Waals surface area (Å²) in [5.41, 5.74) is 6.47. The molecule has 1 heterocycles. The fourth-order valence-corrected chi connectivity index (χ4v) is 1.42. The van der Waals surface area contributed by atoms with Crippen LogP contribution in [-0.4, -0.2) is 11.3 Å². The summed E-state index contributed by atoms with van der Waals surface area (Å²) in [5, 5.41) is 9.42. The Bertz CT molecular complexity index is 304. The van der Waals surface area contributed by atoms with Crippen molar-refractivity contribution in [3.05, 3.63) is 23.8 Å². The molecule has 3 N–H and O–H groups in total. The van der Waals surface area contributed by atoms with Gasteiger partial charge in [-0.15, -0.1) is 12.4 Å². The molecule has 1 unspecified atom stereocenters. The minimum atomic E-state index is -0.223. The van der Waals surface area contributed by atoms with Crippen LogP contribution in [0.1, 0.15) is 12.0 Å². The van der Waals surface area contributed by atoms with Gasteiger partial charge in [-0.3, -0.25) is 5.73 Å². The lowest BCUT2D eigenvalue weighted by atomic mass is 10.0. The predicted octanol–water partition coefficient (Wildman–Crippen LogP) is 1.42. The van der Waals surface area contributed by atoms with Crippen molar-refractivity contribution in [3.8, 4) is 11.5 Å². The molecule has 1 aromatic carbocycles. The van der Waals surface area contributed by atoms with Crippen LogP contribution in [0.5, 0.6) is 11.5 Å². The molecular formula is C9H12ClNO2. The largest absolute Gasteiger partial charge is 0.508 e. The summed E-state index contributed by atoms with van der Waals surface area (Å²) in [5.74, 6) is 1.02. The molecule has 0 amide bonds. The minimum absolute atomic E-state index is 0. The van der Waals surface area contributed by atoms with Gasteiger partial charge in [-0.2, -0.15) is 0 Å². The molecule has 0 saturated carbocycles. The van der Waals surface area contributed by atoms with Gasteiger partial charge in [0.2, 0.25) is 0 Å². The zero-order chi connectivity index (χ0) is 8.55. The van der Waals surface area contributed by atoms with E-state index in [9.17, 15) is 5.11 Å². The van der Waals surface area contributed by atoms with E-state index < -0.39 is 0 Å². The second-order valence-corrected chi connectivity index (χ2v) is 2.95. The summed E-state index contributed by atoms with van der Waals surface area (Å²) >= 11 is 0. The van der Waals surface area contributed by atoms with Gasteiger partial charge >= 0.3 is 0 Å². The molecule has 13 heavy (non-hydrogen) atoms. The van der Waals surface area contributed by atoms with Gasteiger partial charge in [-0.1, -0.05) is 6.07 Å². The van der Waals surface area contributed by atoms with E-state index in [-0.39, 0.29) is 18.6 Å². The molecule has 72 valence electrons. The molecule has 2 rings (SSSR count). The van der Waals surface area contributed by atoms with Gasteiger partial charge < -0.3 is 9.84 Å². The number of nitrogens with two attached hydrogens (primary N) is 1. The zero-order valence-electron chi connectivity index (χ0n) is 7.06. The Morgan fingerprint density at radius 3 is 3.00 bits per heavy atom. The SMILES string of the molecule is Cl.NC1CCc2c(O)cccc2O1. The third-order valence-corrected chi connectivity index (χ3v) is 2.07. The Balaban J connectivity index is 0.000000845. The molecule has 0 saturated heterocycles. The van der Waals surface area contributed by atoms with E-state index in [1.54, 1.807) is 12.1 Å². The molecule has 0 bridgehead atoms. The normalized spacial score (nSPS) is 19.6. The number of phenols is 1. The second kappa shape index (κ2) is 3.85. The lowest BCUT2D eigenvalue weighted by molar-refractivity contribution is 0.179. The van der Waals surface area contributed by atoms with E-state index in [1.165, 1.54) is 0 Å². The van der Waals surface area contributed by atoms with Crippen molar-refractivity contribution in [2.24, 2.45) is 5.73 Å². The fourth-order valence-electron chi connectivity index (χ4n) is 1.42. The van der Waals surface area contributed by atoms with Crippen LogP contribution in [0.2, 0.25) is 0 Å². The Morgan fingerprint density at radius 2 is 2.23 bits per heavy atom. The summed E-state index contributed by atoms with van der Waals surface area (Å²) in [6.07, 6.45) is 1.34. The highest BCUT2D eigenvalue weighted by molar-refractivity contribution is 5.85. The lowest BCUT2D eigenvalue weighted by Gasteiger charge is -2.23. The van der Waals surface area contributed by atoms with Crippen LogP contribution in [-0.2, 0) is 6.42 Å². The Labute approximate surface area is 82.9 Å². The van der Waals surface area contributed by atoms with Crippen molar-refractivity contribution < 1.29 is 9.84 Å². The van der Waals surface area contributed by atoms with Crippen LogP contribution < -0.4 is 10.5 Å². The van der Waals surface area contributed by atoms with Crippen molar-refractivity contribution in [2.75, 3.05) is 0 Å². The van der Waals surface area contributed by atoms with Gasteiger partial charge in [-0.25, -0.2) is 0 Å². The van der Waals surface area contributed by atoms with E-state index in [0.717, 1.165) is 18.4 Å². The number of fused-ring (bicyclic) bond motifs is 1. The first-order valence-corrected chi connectivity index (χ1v) is 4.00. The van der Waals surface area contributed by atoms with Gasteiger partial charge in [0.05, 0.1) is 0 Å². The number of phenolic OH excluding ortho intramolecular Hbond substituents is 1. The van der Waals surface area contributed by atoms with Gasteiger partial charge in [-0.05, 0) is 18.6 Å². The molecule has 1 aliphatic rings. The fraction of sp³-hybridized carbons (Fsp3) is 0.333. The molecule has 3 nitrogen and oxygen atoms in total. The third-order valence-electron chi connectivity index (χ3n) is 2.07. The molecule has 0 radical (unpaired) electrons. The van der Waals surface area contributed by atoms with Crippen molar-refractivity contribution in [1.82, 2.24) is 0 Å². The zero-order valence-corrected chi connectivity index (χ0v) is 7.88. The molecule has 0 spiro atoms. The third kappa shape index (κ3) is 1.87. The molecule has 0 aliphatic carbocycles. The number of rotatable bonds is 0. The van der Waals surface area contributed by atoms with Crippen molar-refractivity contribution in [2.45, 2.75) is 19.1 Å². The lowest BCUT2D eigenvalue weighted by Crippen LogP contribution is -2.31. The number of hydrogen-bond acceptors (Lipinski definition) is 3. The van der Waals surface area contributed by atoms with Gasteiger partial charge in [0.25, 0.3) is 0 Å². The van der Waals surface area contributed by atoms with Crippen molar-refractivity contribution in [1.29, 1.82) is 0 Å². The number of ether oxygens (including phenoxy) is 1. The second-order valence-electron chi connectivity index (χ2n) is 2.95. The Hall–Kier alpha value is -0.930. The summed E-state index contributed by atoms with van der Waals surface area (Å²) in [4.78, 5) is 0. The average molecular weight is 202 g/mol. The van der Waals surface area contributed by atoms with E-state index in [2.05, 4.69) is 0 Å². The number of halogens is 1. The predicted molar refractivity (Wildman–Crippen MR) is 52.3 cm³/mol. The molecule has 0 aromatic heterocycles. The first kappa shape index (κ1) is 10.2. The summed E-state index contributed by atoms with van der Waals surface area (Å²) in [7, 11) is 0. The van der Waals surface area contributed by atoms with Crippen LogP contribution in [0.4, 0.5) is 0 Å². The van der Waals surface area contributed by atoms with Crippen molar-refractivity contribution >= 4 is 12.4 Å². The smallest absolute Gasteiger partial charge is 0.148 e. The molecule has 4 heteroatoms. The van der Waals surface area contributed by atoms with Gasteiger partial charge in [0.15, 0.2) is 0 Å². The molecule has 1 aliphatic heterocycles. The summed E-state index contributed by atoms with van der Waals surface area (Å²) in [6.45, 7) is 0. The number of benzene rings is 1. The van der Waals surface area contributed by atoms with Crippen molar-refractivity contribution in [3.63, 3.8) is 0 Å². The van der Waals surface area contributed by atoms with E-state index in [0.29, 0.717) is 11.5 Å². The number of aromatic hydroxyl groups is 1. The maximum absolute atomic E-state index is 9.42. The van der Waals surface area contributed by atoms with Crippen LogP contribution in [0, 0.1) is 0 Å². The summed E-state index contributed by atoms with van der Waals surface area (Å²) in [6, 6.07) is 5.25. The minimum Gasteiger partial charge on any atom is -0.508 e. The van der Waals surface area contributed by atoms with Crippen LogP contribution in [0.15, 0.2) is 18.2 Å². The monoisotopic (exact) mass is 201 g/mol. The molecular weight excluding hydrogens is 190 g/mol. The maximum atomic E-state index is 9.42. The first-order chi connectivity index (χ1) is 5.77. The molecule has 0 fully saturated rings. The van der Waals surface area contributed by atoms with Gasteiger partial charge in [0.1, 0.15) is 17.7 Å². The van der Waals surface area contributed by atoms with Crippen LogP contribution in [0.3, 0.4) is 0 Å². The number of hydrogen-bond donors (Lipinski definition) is 2.